The third kappa shape index (κ3) is 4.17. The van der Waals surface area contributed by atoms with Gasteiger partial charge >= 0.3 is 11.9 Å². The van der Waals surface area contributed by atoms with Crippen LogP contribution in [0.15, 0.2) is 12.1 Å². The number of hydrogen-bond acceptors (Lipinski definition) is 5. The van der Waals surface area contributed by atoms with E-state index < -0.39 is 35.8 Å². The summed E-state index contributed by atoms with van der Waals surface area (Å²) in [5.41, 5.74) is 1.78. The highest BCUT2D eigenvalue weighted by Crippen LogP contribution is 2.25. The number of aromatic amines is 2. The summed E-state index contributed by atoms with van der Waals surface area (Å²) in [7, 11) is 0. The van der Waals surface area contributed by atoms with Crippen LogP contribution in [0.5, 0.6) is 0 Å². The van der Waals surface area contributed by atoms with Crippen LogP contribution in [0, 0.1) is 0 Å². The Morgan fingerprint density at radius 1 is 1.00 bits per heavy atom. The van der Waals surface area contributed by atoms with Gasteiger partial charge in [-0.15, -0.1) is 0 Å². The number of ether oxygens (including phenoxy) is 1. The molecule has 0 saturated carbocycles. The van der Waals surface area contributed by atoms with Crippen LogP contribution in [0.2, 0.25) is 0 Å². The van der Waals surface area contributed by atoms with Crippen LogP contribution in [-0.4, -0.2) is 57.5 Å². The first-order chi connectivity index (χ1) is 14.2. The molecule has 2 heterocycles. The summed E-state index contributed by atoms with van der Waals surface area (Å²) in [6.07, 6.45) is -1.80. The van der Waals surface area contributed by atoms with Gasteiger partial charge in [0.15, 0.2) is 23.9 Å². The van der Waals surface area contributed by atoms with Crippen molar-refractivity contribution in [2.75, 3.05) is 6.61 Å². The van der Waals surface area contributed by atoms with Crippen molar-refractivity contribution in [3.63, 3.8) is 0 Å². The van der Waals surface area contributed by atoms with Crippen LogP contribution in [0.1, 0.15) is 72.8 Å². The molecule has 10 heteroatoms. The molecule has 0 fully saturated rings. The van der Waals surface area contributed by atoms with Gasteiger partial charge in [0.2, 0.25) is 0 Å². The summed E-state index contributed by atoms with van der Waals surface area (Å²) < 4.78 is 30.9. The number of aromatic nitrogens is 2. The summed E-state index contributed by atoms with van der Waals surface area (Å²) in [4.78, 5) is 50.1. The van der Waals surface area contributed by atoms with E-state index >= 15 is 0 Å². The van der Waals surface area contributed by atoms with Gasteiger partial charge in [-0.3, -0.25) is 9.59 Å². The fourth-order valence-electron chi connectivity index (χ4n) is 3.40. The third-order valence-electron chi connectivity index (χ3n) is 4.92. The van der Waals surface area contributed by atoms with Gasteiger partial charge in [-0.1, -0.05) is 0 Å². The first kappa shape index (κ1) is 21.4. The number of carbonyl (C=O) groups is 4. The first-order valence-electron chi connectivity index (χ1n) is 9.43. The Bertz CT molecular complexity index is 1010. The van der Waals surface area contributed by atoms with Crippen LogP contribution < -0.4 is 0 Å². The maximum Gasteiger partial charge on any atom is 0.354 e. The average molecular weight is 422 g/mol. The topological polar surface area (TPSA) is 129 Å². The molecule has 0 bridgehead atoms. The number of carboxylic acid groups (broad SMARTS) is 1. The number of aryl methyl sites for hydroxylation is 2. The molecule has 0 spiro atoms. The number of ketones is 2. The Labute approximate surface area is 169 Å². The molecule has 2 aliphatic rings. The Kier molecular flexibility index (Phi) is 6.14. The van der Waals surface area contributed by atoms with Crippen molar-refractivity contribution in [1.82, 2.24) is 9.97 Å². The highest BCUT2D eigenvalue weighted by molar-refractivity contribution is 6.04. The molecule has 3 N–H and O–H groups in total. The van der Waals surface area contributed by atoms with E-state index in [0.717, 1.165) is 0 Å². The standard InChI is InChI=1S/C11H12FNO3.C9H8FNO3/c1-2-16-11(15)9-5-6-8(13-9)4-3-7(12)10(6)14;10-5-1-2-6-4(8(5)12)3-7(11-6)9(13)14/h5,7,13H,2-4H2,1H3;3,5,11H,1-2H2,(H,13,14). The number of H-pyrrole nitrogens is 2. The van der Waals surface area contributed by atoms with Gasteiger partial charge < -0.3 is 19.8 Å². The van der Waals surface area contributed by atoms with Crippen molar-refractivity contribution in [2.24, 2.45) is 0 Å². The number of carboxylic acids is 1. The Balaban J connectivity index is 0.000000172. The highest BCUT2D eigenvalue weighted by Gasteiger charge is 2.31. The second kappa shape index (κ2) is 8.60. The number of halogens is 2. The van der Waals surface area contributed by atoms with E-state index in [4.69, 9.17) is 9.84 Å². The molecule has 0 radical (unpaired) electrons. The number of aromatic carboxylic acids is 1. The number of rotatable bonds is 3. The molecule has 0 aromatic carbocycles. The number of alkyl halides is 2. The predicted octanol–water partition coefficient (Wildman–Crippen LogP) is 2.84. The molecule has 2 aliphatic carbocycles. The van der Waals surface area contributed by atoms with Crippen LogP contribution in [-0.2, 0) is 17.6 Å². The number of esters is 1. The molecular weight excluding hydrogens is 402 g/mol. The second-order valence-electron chi connectivity index (χ2n) is 6.92. The van der Waals surface area contributed by atoms with E-state index in [2.05, 4.69) is 9.97 Å². The first-order valence-corrected chi connectivity index (χ1v) is 9.43. The quantitative estimate of drug-likeness (QED) is 0.653. The lowest BCUT2D eigenvalue weighted by Crippen LogP contribution is -2.22. The van der Waals surface area contributed by atoms with Gasteiger partial charge in [-0.25, -0.2) is 18.4 Å². The lowest BCUT2D eigenvalue weighted by molar-refractivity contribution is 0.0519. The third-order valence-corrected chi connectivity index (χ3v) is 4.92. The lowest BCUT2D eigenvalue weighted by Gasteiger charge is -2.13. The van der Waals surface area contributed by atoms with E-state index in [-0.39, 0.29) is 42.0 Å². The van der Waals surface area contributed by atoms with E-state index in [9.17, 15) is 28.0 Å². The van der Waals surface area contributed by atoms with E-state index in [0.29, 0.717) is 24.2 Å². The molecule has 0 amide bonds. The van der Waals surface area contributed by atoms with Crippen LogP contribution in [0.4, 0.5) is 8.78 Å². The maximum absolute atomic E-state index is 13.1. The Morgan fingerprint density at radius 2 is 1.47 bits per heavy atom. The van der Waals surface area contributed by atoms with Crippen molar-refractivity contribution in [2.45, 2.75) is 45.0 Å². The molecule has 0 aliphatic heterocycles. The zero-order chi connectivity index (χ0) is 22.0. The van der Waals surface area contributed by atoms with E-state index in [1.165, 1.54) is 12.1 Å². The zero-order valence-electron chi connectivity index (χ0n) is 16.1. The van der Waals surface area contributed by atoms with Gasteiger partial charge in [0.1, 0.15) is 11.4 Å². The molecule has 30 heavy (non-hydrogen) atoms. The predicted molar refractivity (Wildman–Crippen MR) is 99.6 cm³/mol. The van der Waals surface area contributed by atoms with Crippen molar-refractivity contribution >= 4 is 23.5 Å². The highest BCUT2D eigenvalue weighted by atomic mass is 19.1. The lowest BCUT2D eigenvalue weighted by atomic mass is 9.95. The summed E-state index contributed by atoms with van der Waals surface area (Å²) in [5.74, 6) is -2.81. The van der Waals surface area contributed by atoms with Gasteiger partial charge in [-0.2, -0.15) is 0 Å². The SMILES string of the molecule is CCOC(=O)c1cc2c([nH]1)CCC(F)C2=O.O=C(O)c1cc2c([nH]1)CCC(F)C2=O. The largest absolute Gasteiger partial charge is 0.477 e. The van der Waals surface area contributed by atoms with Gasteiger partial charge in [-0.05, 0) is 44.7 Å². The van der Waals surface area contributed by atoms with Crippen LogP contribution in [0.3, 0.4) is 0 Å². The van der Waals surface area contributed by atoms with Crippen LogP contribution in [0.25, 0.3) is 0 Å². The molecule has 160 valence electrons. The minimum atomic E-state index is -1.49. The molecular formula is C20H20F2N2O6. The fraction of sp³-hybridized carbons (Fsp3) is 0.400. The van der Waals surface area contributed by atoms with Gasteiger partial charge in [0.05, 0.1) is 6.61 Å². The van der Waals surface area contributed by atoms with Crippen molar-refractivity contribution in [3.05, 3.63) is 46.0 Å². The van der Waals surface area contributed by atoms with Crippen molar-refractivity contribution in [1.29, 1.82) is 0 Å². The normalized spacial score (nSPS) is 20.0. The maximum atomic E-state index is 13.1. The summed E-state index contributed by atoms with van der Waals surface area (Å²) in [6, 6.07) is 2.58. The second-order valence-corrected chi connectivity index (χ2v) is 6.92. The summed E-state index contributed by atoms with van der Waals surface area (Å²) >= 11 is 0. The number of fused-ring (bicyclic) bond motifs is 2. The van der Waals surface area contributed by atoms with Crippen molar-refractivity contribution < 1.29 is 37.8 Å². The number of Topliss-reactive ketones (excluding diaryl/α,β-unsaturated/α-hetero) is 2. The molecule has 2 aromatic heterocycles. The molecule has 2 unspecified atom stereocenters. The van der Waals surface area contributed by atoms with Gasteiger partial charge in [0.25, 0.3) is 0 Å². The Morgan fingerprint density at radius 3 is 1.93 bits per heavy atom. The monoisotopic (exact) mass is 422 g/mol. The fourth-order valence-corrected chi connectivity index (χ4v) is 3.40. The smallest absolute Gasteiger partial charge is 0.354 e. The molecule has 8 nitrogen and oxygen atoms in total. The van der Waals surface area contributed by atoms with Crippen LogP contribution >= 0.6 is 0 Å². The van der Waals surface area contributed by atoms with Gasteiger partial charge in [0, 0.05) is 22.5 Å². The van der Waals surface area contributed by atoms with E-state index in [1.807, 2.05) is 0 Å². The molecule has 2 aromatic rings. The van der Waals surface area contributed by atoms with Crippen molar-refractivity contribution in [3.8, 4) is 0 Å². The Hall–Kier alpha value is -3.30. The summed E-state index contributed by atoms with van der Waals surface area (Å²) in [6.45, 7) is 1.96. The number of nitrogens with one attached hydrogen (secondary N) is 2. The minimum Gasteiger partial charge on any atom is -0.477 e. The minimum absolute atomic E-state index is 0.0579. The molecule has 2 atom stereocenters. The zero-order valence-corrected chi connectivity index (χ0v) is 16.1. The molecule has 0 saturated heterocycles. The molecule has 4 rings (SSSR count). The average Bonchev–Trinajstić information content (AvgIpc) is 3.34. The van der Waals surface area contributed by atoms with E-state index in [1.54, 1.807) is 6.92 Å². The number of hydrogen-bond donors (Lipinski definition) is 3. The number of carbonyl (C=O) groups excluding carboxylic acids is 3. The summed E-state index contributed by atoms with van der Waals surface area (Å²) in [5, 5.41) is 8.65.